The maximum atomic E-state index is 12.7. The molecular weight excluding hydrogens is 320 g/mol. The highest BCUT2D eigenvalue weighted by molar-refractivity contribution is 5.94. The summed E-state index contributed by atoms with van der Waals surface area (Å²) < 4.78 is 5.28. The Bertz CT molecular complexity index is 766. The third-order valence-electron chi connectivity index (χ3n) is 4.52. The fourth-order valence-corrected chi connectivity index (χ4v) is 2.72. The van der Waals surface area contributed by atoms with E-state index in [1.165, 1.54) is 12.8 Å². The summed E-state index contributed by atoms with van der Waals surface area (Å²) in [7, 11) is 0. The summed E-state index contributed by atoms with van der Waals surface area (Å²) in [6.07, 6.45) is 7.52. The van der Waals surface area contributed by atoms with E-state index in [1.54, 1.807) is 35.5 Å². The maximum absolute atomic E-state index is 12.7. The molecule has 0 radical (unpaired) electrons. The van der Waals surface area contributed by atoms with Crippen molar-refractivity contribution in [1.82, 2.24) is 20.4 Å². The van der Waals surface area contributed by atoms with Crippen LogP contribution in [0.2, 0.25) is 0 Å². The number of rotatable bonds is 7. The van der Waals surface area contributed by atoms with Crippen molar-refractivity contribution < 1.29 is 14.1 Å². The minimum atomic E-state index is -0.224. The van der Waals surface area contributed by atoms with Crippen LogP contribution >= 0.6 is 0 Å². The monoisotopic (exact) mass is 340 g/mol. The molecule has 0 aliphatic heterocycles. The number of carbonyl (C=O) groups is 2. The molecule has 2 amide bonds. The van der Waals surface area contributed by atoms with Crippen molar-refractivity contribution in [3.8, 4) is 0 Å². The molecule has 2 fully saturated rings. The van der Waals surface area contributed by atoms with Gasteiger partial charge in [0.1, 0.15) is 0 Å². The topological polar surface area (TPSA) is 88.3 Å². The Morgan fingerprint density at radius 3 is 2.80 bits per heavy atom. The summed E-state index contributed by atoms with van der Waals surface area (Å²) in [6, 6.07) is 5.33. The van der Waals surface area contributed by atoms with Crippen LogP contribution in [0.5, 0.6) is 0 Å². The van der Waals surface area contributed by atoms with Gasteiger partial charge in [0.05, 0.1) is 12.1 Å². The van der Waals surface area contributed by atoms with Gasteiger partial charge in [0.15, 0.2) is 11.5 Å². The lowest BCUT2D eigenvalue weighted by molar-refractivity contribution is 0.0712. The van der Waals surface area contributed by atoms with E-state index in [0.29, 0.717) is 30.3 Å². The van der Waals surface area contributed by atoms with Gasteiger partial charge >= 0.3 is 0 Å². The van der Waals surface area contributed by atoms with Gasteiger partial charge in [-0.05, 0) is 43.7 Å². The summed E-state index contributed by atoms with van der Waals surface area (Å²) in [5, 5.41) is 6.70. The summed E-state index contributed by atoms with van der Waals surface area (Å²) >= 11 is 0. The molecule has 0 bridgehead atoms. The molecule has 2 aliphatic rings. The van der Waals surface area contributed by atoms with Crippen molar-refractivity contribution >= 4 is 11.8 Å². The zero-order valence-electron chi connectivity index (χ0n) is 13.9. The van der Waals surface area contributed by atoms with Gasteiger partial charge in [0.2, 0.25) is 0 Å². The van der Waals surface area contributed by atoms with Crippen molar-refractivity contribution in [2.24, 2.45) is 5.92 Å². The summed E-state index contributed by atoms with van der Waals surface area (Å²) in [5.74, 6) is 0.823. The van der Waals surface area contributed by atoms with E-state index in [4.69, 9.17) is 4.52 Å². The Kier molecular flexibility index (Phi) is 4.21. The Morgan fingerprint density at radius 1 is 1.28 bits per heavy atom. The fourth-order valence-electron chi connectivity index (χ4n) is 2.72. The van der Waals surface area contributed by atoms with E-state index in [1.807, 2.05) is 0 Å². The van der Waals surface area contributed by atoms with E-state index in [9.17, 15) is 9.59 Å². The first-order chi connectivity index (χ1) is 12.2. The normalized spacial score (nSPS) is 16.5. The minimum absolute atomic E-state index is 0.0771. The smallest absolute Gasteiger partial charge is 0.273 e. The third kappa shape index (κ3) is 3.87. The lowest BCUT2D eigenvalue weighted by Gasteiger charge is -2.20. The van der Waals surface area contributed by atoms with Gasteiger partial charge in [-0.1, -0.05) is 5.16 Å². The number of amides is 2. The molecule has 0 saturated heterocycles. The van der Waals surface area contributed by atoms with Gasteiger partial charge in [-0.2, -0.15) is 0 Å². The van der Waals surface area contributed by atoms with E-state index in [-0.39, 0.29) is 23.6 Å². The SMILES string of the molecule is O=C(NCC1CC1)c1cc(CN(C(=O)c2cccnc2)C2CC2)on1. The second-order valence-electron chi connectivity index (χ2n) is 6.74. The molecule has 130 valence electrons. The van der Waals surface area contributed by atoms with Crippen molar-refractivity contribution in [2.45, 2.75) is 38.3 Å². The molecule has 0 aromatic carbocycles. The average molecular weight is 340 g/mol. The van der Waals surface area contributed by atoms with Crippen molar-refractivity contribution in [3.63, 3.8) is 0 Å². The van der Waals surface area contributed by atoms with E-state index in [0.717, 1.165) is 12.8 Å². The van der Waals surface area contributed by atoms with Gasteiger partial charge < -0.3 is 14.7 Å². The molecule has 2 aromatic heterocycles. The Hall–Kier alpha value is -2.70. The van der Waals surface area contributed by atoms with Crippen LogP contribution in [-0.4, -0.2) is 39.4 Å². The average Bonchev–Trinajstić information content (AvgIpc) is 3.57. The number of pyridine rings is 1. The van der Waals surface area contributed by atoms with E-state index >= 15 is 0 Å². The maximum Gasteiger partial charge on any atom is 0.273 e. The number of aromatic nitrogens is 2. The van der Waals surface area contributed by atoms with Crippen LogP contribution in [0.1, 0.15) is 52.3 Å². The Morgan fingerprint density at radius 2 is 2.12 bits per heavy atom. The zero-order valence-corrected chi connectivity index (χ0v) is 13.9. The lowest BCUT2D eigenvalue weighted by Crippen LogP contribution is -2.32. The van der Waals surface area contributed by atoms with Crippen LogP contribution in [0.25, 0.3) is 0 Å². The number of nitrogens with one attached hydrogen (secondary N) is 1. The van der Waals surface area contributed by atoms with E-state index < -0.39 is 0 Å². The largest absolute Gasteiger partial charge is 0.359 e. The van der Waals surface area contributed by atoms with Crippen molar-refractivity contribution in [3.05, 3.63) is 47.6 Å². The third-order valence-corrected chi connectivity index (χ3v) is 4.52. The number of nitrogens with zero attached hydrogens (tertiary/aromatic N) is 3. The summed E-state index contributed by atoms with van der Waals surface area (Å²) in [4.78, 5) is 30.5. The summed E-state index contributed by atoms with van der Waals surface area (Å²) in [5.41, 5.74) is 0.816. The standard InChI is InChI=1S/C18H20N4O3/c23-17(20-9-12-3-4-12)16-8-15(25-21-16)11-22(14-5-6-14)18(24)13-2-1-7-19-10-13/h1-2,7-8,10,12,14H,3-6,9,11H2,(H,20,23). The van der Waals surface area contributed by atoms with Gasteiger partial charge in [-0.3, -0.25) is 14.6 Å². The number of carbonyl (C=O) groups excluding carboxylic acids is 2. The van der Waals surface area contributed by atoms with Crippen LogP contribution < -0.4 is 5.32 Å². The number of hydrogen-bond donors (Lipinski definition) is 1. The molecule has 25 heavy (non-hydrogen) atoms. The highest BCUT2D eigenvalue weighted by Gasteiger charge is 2.34. The van der Waals surface area contributed by atoms with Crippen molar-refractivity contribution in [1.29, 1.82) is 0 Å². The van der Waals surface area contributed by atoms with Crippen LogP contribution in [-0.2, 0) is 6.54 Å². The molecule has 7 nitrogen and oxygen atoms in total. The first-order valence-corrected chi connectivity index (χ1v) is 8.65. The molecule has 2 heterocycles. The predicted molar refractivity (Wildman–Crippen MR) is 88.7 cm³/mol. The van der Waals surface area contributed by atoms with Gasteiger partial charge in [-0.25, -0.2) is 0 Å². The molecule has 0 atom stereocenters. The van der Waals surface area contributed by atoms with Gasteiger partial charge in [-0.15, -0.1) is 0 Å². The van der Waals surface area contributed by atoms with Crippen molar-refractivity contribution in [2.75, 3.05) is 6.54 Å². The van der Waals surface area contributed by atoms with Gasteiger partial charge in [0.25, 0.3) is 11.8 Å². The van der Waals surface area contributed by atoms with Crippen LogP contribution in [0.3, 0.4) is 0 Å². The Labute approximate surface area is 145 Å². The van der Waals surface area contributed by atoms with Crippen LogP contribution in [0.4, 0.5) is 0 Å². The molecule has 4 rings (SSSR count). The molecule has 2 aliphatic carbocycles. The minimum Gasteiger partial charge on any atom is -0.359 e. The first-order valence-electron chi connectivity index (χ1n) is 8.65. The van der Waals surface area contributed by atoms with Crippen LogP contribution in [0.15, 0.2) is 35.1 Å². The fraction of sp³-hybridized carbons (Fsp3) is 0.444. The molecule has 0 spiro atoms. The quantitative estimate of drug-likeness (QED) is 0.833. The molecule has 2 aromatic rings. The number of hydrogen-bond acceptors (Lipinski definition) is 5. The second-order valence-corrected chi connectivity index (χ2v) is 6.74. The highest BCUT2D eigenvalue weighted by atomic mass is 16.5. The highest BCUT2D eigenvalue weighted by Crippen LogP contribution is 2.30. The lowest BCUT2D eigenvalue weighted by atomic mass is 10.2. The molecule has 7 heteroatoms. The molecular formula is C18H20N4O3. The predicted octanol–water partition coefficient (Wildman–Crippen LogP) is 2.01. The van der Waals surface area contributed by atoms with Crippen LogP contribution in [0, 0.1) is 5.92 Å². The second kappa shape index (κ2) is 6.66. The zero-order chi connectivity index (χ0) is 17.2. The van der Waals surface area contributed by atoms with E-state index in [2.05, 4.69) is 15.5 Å². The first kappa shape index (κ1) is 15.8. The molecule has 0 unspecified atom stereocenters. The van der Waals surface area contributed by atoms with Gasteiger partial charge in [0, 0.05) is 31.0 Å². The molecule has 2 saturated carbocycles. The Balaban J connectivity index is 1.42. The summed E-state index contributed by atoms with van der Waals surface area (Å²) in [6.45, 7) is 0.996. The molecule has 1 N–H and O–H groups in total.